The Balaban J connectivity index is 1.99. The molecule has 0 spiro atoms. The third-order valence-electron chi connectivity index (χ3n) is 3.10. The van der Waals surface area contributed by atoms with Gasteiger partial charge in [-0.05, 0) is 31.2 Å². The van der Waals surface area contributed by atoms with Gasteiger partial charge in [-0.3, -0.25) is 9.59 Å². The SMILES string of the molecule is CC(=O)c1cccc(NC(=O)CNc2ccccc2OC(F)(F)F)c1. The summed E-state index contributed by atoms with van der Waals surface area (Å²) in [4.78, 5) is 23.3. The molecule has 0 bridgehead atoms. The zero-order valence-corrected chi connectivity index (χ0v) is 13.2. The van der Waals surface area contributed by atoms with Gasteiger partial charge in [0.15, 0.2) is 11.5 Å². The number of carbonyl (C=O) groups excluding carboxylic acids is 2. The third-order valence-corrected chi connectivity index (χ3v) is 3.10. The Morgan fingerprint density at radius 3 is 2.48 bits per heavy atom. The maximum Gasteiger partial charge on any atom is 0.573 e. The minimum Gasteiger partial charge on any atom is -0.404 e. The minimum atomic E-state index is -4.83. The van der Waals surface area contributed by atoms with Crippen LogP contribution in [0.2, 0.25) is 0 Å². The van der Waals surface area contributed by atoms with Crippen LogP contribution in [0.5, 0.6) is 5.75 Å². The van der Waals surface area contributed by atoms with Gasteiger partial charge >= 0.3 is 6.36 Å². The lowest BCUT2D eigenvalue weighted by Gasteiger charge is -2.14. The van der Waals surface area contributed by atoms with Crippen molar-refractivity contribution in [3.63, 3.8) is 0 Å². The summed E-state index contributed by atoms with van der Waals surface area (Å²) in [5.74, 6) is -1.06. The molecule has 25 heavy (non-hydrogen) atoms. The summed E-state index contributed by atoms with van der Waals surface area (Å²) in [6, 6.07) is 11.8. The van der Waals surface area contributed by atoms with Gasteiger partial charge in [-0.2, -0.15) is 0 Å². The summed E-state index contributed by atoms with van der Waals surface area (Å²) < 4.78 is 41.0. The number of rotatable bonds is 6. The predicted molar refractivity (Wildman–Crippen MR) is 86.7 cm³/mol. The fourth-order valence-electron chi connectivity index (χ4n) is 2.02. The molecule has 0 fully saturated rings. The van der Waals surface area contributed by atoms with Gasteiger partial charge < -0.3 is 15.4 Å². The summed E-state index contributed by atoms with van der Waals surface area (Å²) in [5, 5.41) is 5.15. The van der Waals surface area contributed by atoms with Gasteiger partial charge in [0, 0.05) is 11.3 Å². The highest BCUT2D eigenvalue weighted by Gasteiger charge is 2.32. The molecule has 0 aliphatic heterocycles. The van der Waals surface area contributed by atoms with Crippen molar-refractivity contribution in [2.45, 2.75) is 13.3 Å². The molecule has 2 rings (SSSR count). The average Bonchev–Trinajstić information content (AvgIpc) is 2.53. The lowest BCUT2D eigenvalue weighted by Crippen LogP contribution is -2.23. The van der Waals surface area contributed by atoms with Crippen LogP contribution >= 0.6 is 0 Å². The molecule has 0 aliphatic rings. The molecule has 2 aromatic rings. The van der Waals surface area contributed by atoms with Crippen LogP contribution in [0.4, 0.5) is 24.5 Å². The highest BCUT2D eigenvalue weighted by atomic mass is 19.4. The number of amides is 1. The van der Waals surface area contributed by atoms with Crippen molar-refractivity contribution in [3.05, 3.63) is 54.1 Å². The van der Waals surface area contributed by atoms with Crippen molar-refractivity contribution in [1.82, 2.24) is 0 Å². The number of anilines is 2. The zero-order valence-electron chi connectivity index (χ0n) is 13.2. The highest BCUT2D eigenvalue weighted by molar-refractivity contribution is 5.98. The Labute approximate surface area is 141 Å². The van der Waals surface area contributed by atoms with Crippen LogP contribution in [0.1, 0.15) is 17.3 Å². The fraction of sp³-hybridized carbons (Fsp3) is 0.176. The molecule has 0 radical (unpaired) electrons. The lowest BCUT2D eigenvalue weighted by molar-refractivity contribution is -0.274. The summed E-state index contributed by atoms with van der Waals surface area (Å²) in [7, 11) is 0. The Morgan fingerprint density at radius 1 is 1.08 bits per heavy atom. The van der Waals surface area contributed by atoms with Gasteiger partial charge in [0.25, 0.3) is 0 Å². The number of para-hydroxylation sites is 2. The van der Waals surface area contributed by atoms with Crippen LogP contribution in [-0.4, -0.2) is 24.6 Å². The van der Waals surface area contributed by atoms with Crippen molar-refractivity contribution >= 4 is 23.1 Å². The number of benzene rings is 2. The maximum atomic E-state index is 12.4. The smallest absolute Gasteiger partial charge is 0.404 e. The van der Waals surface area contributed by atoms with Crippen LogP contribution in [0.3, 0.4) is 0 Å². The highest BCUT2D eigenvalue weighted by Crippen LogP contribution is 2.29. The first-order chi connectivity index (χ1) is 11.7. The van der Waals surface area contributed by atoms with E-state index in [0.717, 1.165) is 6.07 Å². The molecule has 132 valence electrons. The van der Waals surface area contributed by atoms with E-state index in [4.69, 9.17) is 0 Å². The van der Waals surface area contributed by atoms with Gasteiger partial charge in [-0.15, -0.1) is 13.2 Å². The van der Waals surface area contributed by atoms with Crippen molar-refractivity contribution in [2.24, 2.45) is 0 Å². The van der Waals surface area contributed by atoms with E-state index in [1.165, 1.54) is 31.2 Å². The molecule has 5 nitrogen and oxygen atoms in total. The van der Waals surface area contributed by atoms with E-state index in [9.17, 15) is 22.8 Å². The molecule has 0 heterocycles. The second-order valence-corrected chi connectivity index (χ2v) is 5.08. The Bertz CT molecular complexity index is 776. The van der Waals surface area contributed by atoms with E-state index < -0.39 is 18.0 Å². The van der Waals surface area contributed by atoms with Gasteiger partial charge in [0.2, 0.25) is 5.91 Å². The first-order valence-corrected chi connectivity index (χ1v) is 7.24. The number of ketones is 1. The summed E-state index contributed by atoms with van der Waals surface area (Å²) in [6.07, 6.45) is -4.83. The normalized spacial score (nSPS) is 10.9. The number of carbonyl (C=O) groups is 2. The quantitative estimate of drug-likeness (QED) is 0.775. The molecular formula is C17H15F3N2O3. The average molecular weight is 352 g/mol. The molecule has 1 amide bonds. The van der Waals surface area contributed by atoms with E-state index in [0.29, 0.717) is 11.3 Å². The second-order valence-electron chi connectivity index (χ2n) is 5.08. The van der Waals surface area contributed by atoms with E-state index in [2.05, 4.69) is 15.4 Å². The molecule has 0 aromatic heterocycles. The summed E-state index contributed by atoms with van der Waals surface area (Å²) >= 11 is 0. The first kappa shape index (κ1) is 18.3. The molecule has 0 aliphatic carbocycles. The number of Topliss-reactive ketones (excluding diaryl/α,β-unsaturated/α-hetero) is 1. The molecular weight excluding hydrogens is 337 g/mol. The van der Waals surface area contributed by atoms with E-state index in [1.54, 1.807) is 18.2 Å². The van der Waals surface area contributed by atoms with Crippen LogP contribution < -0.4 is 15.4 Å². The number of ether oxygens (including phenoxy) is 1. The minimum absolute atomic E-state index is 0.0347. The van der Waals surface area contributed by atoms with Crippen molar-refractivity contribution in [3.8, 4) is 5.75 Å². The standard InChI is InChI=1S/C17H15F3N2O3/c1-11(23)12-5-4-6-13(9-12)22-16(24)10-21-14-7-2-3-8-15(14)25-17(18,19)20/h2-9,21H,10H2,1H3,(H,22,24). The summed E-state index contributed by atoms with van der Waals surface area (Å²) in [5.41, 5.74) is 0.890. The number of hydrogen-bond acceptors (Lipinski definition) is 4. The second kappa shape index (κ2) is 7.69. The van der Waals surface area contributed by atoms with Crippen molar-refractivity contribution in [1.29, 1.82) is 0 Å². The molecule has 0 saturated carbocycles. The van der Waals surface area contributed by atoms with Crippen molar-refractivity contribution in [2.75, 3.05) is 17.2 Å². The van der Waals surface area contributed by atoms with Crippen LogP contribution in [-0.2, 0) is 4.79 Å². The Kier molecular flexibility index (Phi) is 5.63. The van der Waals surface area contributed by atoms with Crippen LogP contribution in [0.15, 0.2) is 48.5 Å². The fourth-order valence-corrected chi connectivity index (χ4v) is 2.02. The van der Waals surface area contributed by atoms with E-state index in [1.807, 2.05) is 0 Å². The lowest BCUT2D eigenvalue weighted by atomic mass is 10.1. The van der Waals surface area contributed by atoms with Gasteiger partial charge in [0.05, 0.1) is 12.2 Å². The van der Waals surface area contributed by atoms with Crippen LogP contribution in [0, 0.1) is 0 Å². The number of hydrogen-bond donors (Lipinski definition) is 2. The molecule has 0 saturated heterocycles. The van der Waals surface area contributed by atoms with Gasteiger partial charge in [-0.25, -0.2) is 0 Å². The van der Waals surface area contributed by atoms with Gasteiger partial charge in [0.1, 0.15) is 0 Å². The first-order valence-electron chi connectivity index (χ1n) is 7.24. The molecule has 2 aromatic carbocycles. The number of alkyl halides is 3. The summed E-state index contributed by atoms with van der Waals surface area (Å²) in [6.45, 7) is 1.13. The monoisotopic (exact) mass is 352 g/mol. The Morgan fingerprint density at radius 2 is 1.80 bits per heavy atom. The van der Waals surface area contributed by atoms with Crippen molar-refractivity contribution < 1.29 is 27.5 Å². The molecule has 2 N–H and O–H groups in total. The number of halogens is 3. The third kappa shape index (κ3) is 5.83. The predicted octanol–water partition coefficient (Wildman–Crippen LogP) is 3.84. The van der Waals surface area contributed by atoms with Crippen LogP contribution in [0.25, 0.3) is 0 Å². The van der Waals surface area contributed by atoms with E-state index >= 15 is 0 Å². The molecule has 0 atom stereocenters. The molecule has 0 unspecified atom stereocenters. The maximum absolute atomic E-state index is 12.4. The largest absolute Gasteiger partial charge is 0.573 e. The van der Waals surface area contributed by atoms with Gasteiger partial charge in [-0.1, -0.05) is 24.3 Å². The van der Waals surface area contributed by atoms with E-state index in [-0.39, 0.29) is 18.0 Å². The Hall–Kier alpha value is -3.03. The topological polar surface area (TPSA) is 67.4 Å². The number of nitrogens with one attached hydrogen (secondary N) is 2. The molecule has 8 heteroatoms. The zero-order chi connectivity index (χ0) is 18.4.